The number of ether oxygens (including phenoxy) is 1. The molecule has 0 radical (unpaired) electrons. The van der Waals surface area contributed by atoms with Crippen LogP contribution >= 0.6 is 32.9 Å². The molecule has 0 bridgehead atoms. The first-order valence-corrected chi connectivity index (χ1v) is 7.36. The molecule has 5 heteroatoms. The van der Waals surface area contributed by atoms with E-state index in [-0.39, 0.29) is 23.0 Å². The summed E-state index contributed by atoms with van der Waals surface area (Å²) in [4.78, 5) is 13.9. The molecule has 0 saturated carbocycles. The Bertz CT molecular complexity index is 737. The first kappa shape index (κ1) is 16.8. The van der Waals surface area contributed by atoms with Crippen LogP contribution in [-0.2, 0) is 4.74 Å². The molecule has 0 aliphatic carbocycles. The van der Waals surface area contributed by atoms with E-state index in [1.165, 1.54) is 0 Å². The molecule has 2 aromatic rings. The first-order chi connectivity index (χ1) is 10.1. The topological polar surface area (TPSA) is 29.5 Å². The zero-order valence-electron chi connectivity index (χ0n) is 12.2. The van der Waals surface area contributed by atoms with Gasteiger partial charge in [-0.1, -0.05) is 30.3 Å². The molecule has 0 fully saturated rings. The van der Waals surface area contributed by atoms with E-state index in [2.05, 4.69) is 15.9 Å². The van der Waals surface area contributed by atoms with Crippen LogP contribution in [0.25, 0.3) is 10.2 Å². The van der Waals surface area contributed by atoms with E-state index in [1.54, 1.807) is 6.07 Å². The molecule has 22 heavy (non-hydrogen) atoms. The predicted molar refractivity (Wildman–Crippen MR) is 98.7 cm³/mol. The van der Waals surface area contributed by atoms with Gasteiger partial charge in [-0.3, -0.25) is 0 Å². The van der Waals surface area contributed by atoms with Crippen LogP contribution in [0.5, 0.6) is 0 Å². The molecule has 0 aromatic heterocycles. The monoisotopic (exact) mass is 423 g/mol. The van der Waals surface area contributed by atoms with Gasteiger partial charge in [-0.25, -0.2) is 4.79 Å². The van der Waals surface area contributed by atoms with Crippen LogP contribution < -0.4 is 4.90 Å². The van der Waals surface area contributed by atoms with Gasteiger partial charge in [0.1, 0.15) is 0 Å². The van der Waals surface area contributed by atoms with E-state index >= 15 is 0 Å². The fraction of sp³-hybridized carbons (Fsp3) is 0.118. The third-order valence-corrected chi connectivity index (χ3v) is 4.24. The van der Waals surface area contributed by atoms with E-state index in [9.17, 15) is 4.79 Å². The average Bonchev–Trinajstić information content (AvgIpc) is 2.84. The quantitative estimate of drug-likeness (QED) is 0.653. The summed E-state index contributed by atoms with van der Waals surface area (Å²) in [6.45, 7) is 0. The van der Waals surface area contributed by atoms with Crippen molar-refractivity contribution >= 4 is 54.8 Å². The van der Waals surface area contributed by atoms with Gasteiger partial charge in [-0.05, 0) is 39.7 Å². The molecular formula is C17H15Br2NO2. The van der Waals surface area contributed by atoms with Crippen LogP contribution in [0.15, 0.2) is 48.5 Å². The fourth-order valence-electron chi connectivity index (χ4n) is 2.26. The number of fused-ring (bicyclic) bond motifs is 1. The van der Waals surface area contributed by atoms with Crippen molar-refractivity contribution in [1.29, 1.82) is 0 Å². The number of esters is 1. The maximum Gasteiger partial charge on any atom is 0.344 e. The molecule has 3 nitrogen and oxygen atoms in total. The fourth-order valence-corrected chi connectivity index (χ4v) is 2.82. The highest BCUT2D eigenvalue weighted by Gasteiger charge is 2.28. The Morgan fingerprint density at radius 1 is 1.00 bits per heavy atom. The Kier molecular flexibility index (Phi) is 5.08. The lowest BCUT2D eigenvalue weighted by Gasteiger charge is -2.13. The van der Waals surface area contributed by atoms with Crippen molar-refractivity contribution in [3.05, 3.63) is 65.2 Å². The van der Waals surface area contributed by atoms with E-state index in [0.29, 0.717) is 11.3 Å². The van der Waals surface area contributed by atoms with Gasteiger partial charge in [-0.2, -0.15) is 0 Å². The Labute approximate surface area is 148 Å². The van der Waals surface area contributed by atoms with Crippen LogP contribution in [0.2, 0.25) is 0 Å². The van der Waals surface area contributed by atoms with Crippen molar-refractivity contribution in [2.75, 3.05) is 19.0 Å². The summed E-state index contributed by atoms with van der Waals surface area (Å²) in [6, 6.07) is 15.5. The SMILES string of the molecule is Br.CN(C)c1ccc(/C(Br)=C2\OC(=O)c3ccccc32)cc1. The summed E-state index contributed by atoms with van der Waals surface area (Å²) >= 11 is 3.56. The van der Waals surface area contributed by atoms with E-state index in [0.717, 1.165) is 21.3 Å². The maximum atomic E-state index is 11.9. The Morgan fingerprint density at radius 3 is 2.18 bits per heavy atom. The summed E-state index contributed by atoms with van der Waals surface area (Å²) in [5.41, 5.74) is 3.52. The molecule has 0 unspecified atom stereocenters. The summed E-state index contributed by atoms with van der Waals surface area (Å²) in [5.74, 6) is 0.274. The molecular weight excluding hydrogens is 410 g/mol. The van der Waals surface area contributed by atoms with Gasteiger partial charge >= 0.3 is 5.97 Å². The highest BCUT2D eigenvalue weighted by atomic mass is 79.9. The normalized spacial score (nSPS) is 14.8. The number of cyclic esters (lactones) is 1. The van der Waals surface area contributed by atoms with Crippen LogP contribution in [-0.4, -0.2) is 20.1 Å². The number of anilines is 1. The lowest BCUT2D eigenvalue weighted by atomic mass is 10.1. The van der Waals surface area contributed by atoms with E-state index in [4.69, 9.17) is 4.74 Å². The smallest absolute Gasteiger partial charge is 0.344 e. The van der Waals surface area contributed by atoms with Crippen LogP contribution in [0.1, 0.15) is 21.5 Å². The van der Waals surface area contributed by atoms with Gasteiger partial charge in [0, 0.05) is 25.3 Å². The second-order valence-electron chi connectivity index (χ2n) is 5.02. The molecule has 2 aromatic carbocycles. The second-order valence-corrected chi connectivity index (χ2v) is 5.81. The maximum absolute atomic E-state index is 11.9. The van der Waals surface area contributed by atoms with Crippen LogP contribution in [0, 0.1) is 0 Å². The van der Waals surface area contributed by atoms with Gasteiger partial charge < -0.3 is 9.64 Å². The van der Waals surface area contributed by atoms with E-state index in [1.807, 2.05) is 61.5 Å². The van der Waals surface area contributed by atoms with E-state index < -0.39 is 0 Å². The van der Waals surface area contributed by atoms with Gasteiger partial charge in [-0.15, -0.1) is 17.0 Å². The molecule has 0 amide bonds. The number of rotatable bonds is 2. The zero-order valence-corrected chi connectivity index (χ0v) is 15.5. The van der Waals surface area contributed by atoms with Crippen molar-refractivity contribution in [2.24, 2.45) is 0 Å². The summed E-state index contributed by atoms with van der Waals surface area (Å²) in [5, 5.41) is 0. The molecule has 0 atom stereocenters. The number of carbonyl (C=O) groups is 1. The number of carbonyl (C=O) groups excluding carboxylic acids is 1. The summed E-state index contributed by atoms with van der Waals surface area (Å²) < 4.78 is 6.19. The number of hydrogen-bond acceptors (Lipinski definition) is 3. The third kappa shape index (κ3) is 2.96. The number of nitrogens with zero attached hydrogens (tertiary/aromatic N) is 1. The lowest BCUT2D eigenvalue weighted by Crippen LogP contribution is -2.08. The van der Waals surface area contributed by atoms with Crippen molar-refractivity contribution in [1.82, 2.24) is 0 Å². The molecule has 1 aliphatic rings. The molecule has 3 rings (SSSR count). The van der Waals surface area contributed by atoms with Gasteiger partial charge in [0.15, 0.2) is 5.76 Å². The largest absolute Gasteiger partial charge is 0.421 e. The van der Waals surface area contributed by atoms with Crippen LogP contribution in [0.4, 0.5) is 5.69 Å². The minimum atomic E-state index is -0.303. The summed E-state index contributed by atoms with van der Waals surface area (Å²) in [7, 11) is 4.00. The number of halogens is 2. The lowest BCUT2D eigenvalue weighted by molar-refractivity contribution is 0.0717. The molecule has 0 saturated heterocycles. The standard InChI is InChI=1S/C17H14BrNO2.BrH/c1-19(2)12-9-7-11(8-10-12)15(18)16-13-5-3-4-6-14(13)17(20)21-16;/h3-10H,1-2H3;1H/b16-15+;. The summed E-state index contributed by atoms with van der Waals surface area (Å²) in [6.07, 6.45) is 0. The Balaban J connectivity index is 0.00000176. The molecule has 1 heterocycles. The van der Waals surface area contributed by atoms with Crippen LogP contribution in [0.3, 0.4) is 0 Å². The number of benzene rings is 2. The van der Waals surface area contributed by atoms with Gasteiger partial charge in [0.2, 0.25) is 0 Å². The molecule has 1 aliphatic heterocycles. The minimum absolute atomic E-state index is 0. The highest BCUT2D eigenvalue weighted by molar-refractivity contribution is 9.15. The van der Waals surface area contributed by atoms with Crippen molar-refractivity contribution < 1.29 is 9.53 Å². The highest BCUT2D eigenvalue weighted by Crippen LogP contribution is 2.38. The average molecular weight is 425 g/mol. The van der Waals surface area contributed by atoms with Gasteiger partial charge in [0.05, 0.1) is 10.0 Å². The first-order valence-electron chi connectivity index (χ1n) is 6.57. The molecule has 0 N–H and O–H groups in total. The third-order valence-electron chi connectivity index (χ3n) is 3.42. The molecule has 0 spiro atoms. The second kappa shape index (κ2) is 6.67. The number of hydrogen-bond donors (Lipinski definition) is 0. The Hall–Kier alpha value is -1.59. The Morgan fingerprint density at radius 2 is 1.59 bits per heavy atom. The van der Waals surface area contributed by atoms with Gasteiger partial charge in [0.25, 0.3) is 0 Å². The van der Waals surface area contributed by atoms with Crippen molar-refractivity contribution in [3.63, 3.8) is 0 Å². The zero-order chi connectivity index (χ0) is 15.0. The van der Waals surface area contributed by atoms with Crippen molar-refractivity contribution in [3.8, 4) is 0 Å². The minimum Gasteiger partial charge on any atom is -0.421 e. The predicted octanol–water partition coefficient (Wildman–Crippen LogP) is 4.72. The van der Waals surface area contributed by atoms with Crippen molar-refractivity contribution in [2.45, 2.75) is 0 Å². The molecule has 114 valence electrons.